The largest absolute Gasteiger partial charge is 0.379 e. The highest BCUT2D eigenvalue weighted by Gasteiger charge is 2.26. The third kappa shape index (κ3) is 4.26. The number of carbonyl (C=O) groups excluding carboxylic acids is 1. The molecule has 1 aliphatic rings. The minimum Gasteiger partial charge on any atom is -0.379 e. The van der Waals surface area contributed by atoms with Gasteiger partial charge in [0.2, 0.25) is 0 Å². The predicted octanol–water partition coefficient (Wildman–Crippen LogP) is 4.42. The fourth-order valence-corrected chi connectivity index (χ4v) is 4.13. The molecule has 3 aromatic rings. The number of halogens is 3. The molecule has 1 unspecified atom stereocenters. The van der Waals surface area contributed by atoms with Crippen LogP contribution in [0.2, 0.25) is 10.0 Å². The Morgan fingerprint density at radius 1 is 1.21 bits per heavy atom. The van der Waals surface area contributed by atoms with Gasteiger partial charge < -0.3 is 15.0 Å². The topological polar surface area (TPSA) is 57.4 Å². The Morgan fingerprint density at radius 2 is 2.00 bits per heavy atom. The number of hydrogen-bond acceptors (Lipinski definition) is 3. The first kappa shape index (κ1) is 20.2. The molecule has 1 aromatic heterocycles. The molecule has 1 amide bonds. The van der Waals surface area contributed by atoms with E-state index in [0.29, 0.717) is 47.5 Å². The Hall–Kier alpha value is -2.12. The van der Waals surface area contributed by atoms with E-state index in [9.17, 15) is 9.18 Å². The summed E-state index contributed by atoms with van der Waals surface area (Å²) in [7, 11) is 0. The van der Waals surface area contributed by atoms with E-state index in [1.165, 1.54) is 6.07 Å². The number of morpholine rings is 1. The lowest BCUT2D eigenvalue weighted by Crippen LogP contribution is -2.44. The van der Waals surface area contributed by atoms with E-state index in [2.05, 4.69) is 15.2 Å². The third-order valence-electron chi connectivity index (χ3n) is 5.18. The number of amides is 1. The number of aromatic nitrogens is 1. The van der Waals surface area contributed by atoms with Gasteiger partial charge in [0, 0.05) is 47.3 Å². The van der Waals surface area contributed by atoms with Crippen molar-refractivity contribution in [3.05, 3.63) is 69.6 Å². The molecule has 1 aliphatic heterocycles. The molecule has 1 fully saturated rings. The number of rotatable bonds is 5. The zero-order chi connectivity index (χ0) is 20.4. The van der Waals surface area contributed by atoms with E-state index < -0.39 is 5.82 Å². The molecule has 0 bridgehead atoms. The normalized spacial score (nSPS) is 16.1. The van der Waals surface area contributed by atoms with Crippen LogP contribution in [0.3, 0.4) is 0 Å². The van der Waals surface area contributed by atoms with E-state index in [0.717, 1.165) is 10.9 Å². The third-order valence-corrected chi connectivity index (χ3v) is 5.82. The Kier molecular flexibility index (Phi) is 6.06. The molecule has 0 aliphatic carbocycles. The molecule has 5 nitrogen and oxygen atoms in total. The molecule has 2 heterocycles. The number of ether oxygens (including phenoxy) is 1. The Bertz CT molecular complexity index is 1030. The van der Waals surface area contributed by atoms with Crippen molar-refractivity contribution in [2.24, 2.45) is 0 Å². The van der Waals surface area contributed by atoms with Crippen molar-refractivity contribution >= 4 is 40.0 Å². The monoisotopic (exact) mass is 435 g/mol. The number of hydrogen-bond donors (Lipinski definition) is 2. The maximum absolute atomic E-state index is 14.6. The van der Waals surface area contributed by atoms with Crippen LogP contribution < -0.4 is 5.32 Å². The van der Waals surface area contributed by atoms with Gasteiger partial charge in [0.15, 0.2) is 0 Å². The summed E-state index contributed by atoms with van der Waals surface area (Å²) >= 11 is 12.3. The average molecular weight is 436 g/mol. The van der Waals surface area contributed by atoms with Crippen LogP contribution in [-0.4, -0.2) is 48.6 Å². The van der Waals surface area contributed by atoms with Crippen LogP contribution in [0.25, 0.3) is 10.9 Å². The van der Waals surface area contributed by atoms with Crippen molar-refractivity contribution in [3.8, 4) is 0 Å². The Morgan fingerprint density at radius 3 is 2.76 bits per heavy atom. The number of benzene rings is 2. The van der Waals surface area contributed by atoms with Gasteiger partial charge in [-0.2, -0.15) is 0 Å². The number of H-pyrrole nitrogens is 1. The fraction of sp³-hybridized carbons (Fsp3) is 0.286. The van der Waals surface area contributed by atoms with Crippen LogP contribution in [0.4, 0.5) is 4.39 Å². The number of nitrogens with one attached hydrogen (secondary N) is 2. The van der Waals surface area contributed by atoms with Gasteiger partial charge in [-0.1, -0.05) is 29.3 Å². The zero-order valence-corrected chi connectivity index (χ0v) is 17.1. The van der Waals surface area contributed by atoms with E-state index in [1.54, 1.807) is 24.4 Å². The van der Waals surface area contributed by atoms with Crippen molar-refractivity contribution < 1.29 is 13.9 Å². The molecular formula is C21H20Cl2FN3O2. The standard InChI is InChI=1S/C21H20Cl2FN3O2/c22-13-1-2-14(17(24)11-13)19(27-7-9-29-10-8-27)12-26-21(28)16-3-4-18-15(20(16)23)5-6-25-18/h1-6,11,19,25H,7-10,12H2,(H,26,28). The van der Waals surface area contributed by atoms with Crippen LogP contribution in [0.1, 0.15) is 22.0 Å². The highest BCUT2D eigenvalue weighted by atomic mass is 35.5. The molecule has 0 saturated carbocycles. The van der Waals surface area contributed by atoms with E-state index >= 15 is 0 Å². The number of carbonyl (C=O) groups is 1. The van der Waals surface area contributed by atoms with Gasteiger partial charge in [0.1, 0.15) is 5.82 Å². The minimum absolute atomic E-state index is 0.235. The van der Waals surface area contributed by atoms with E-state index in [-0.39, 0.29) is 18.5 Å². The van der Waals surface area contributed by atoms with Gasteiger partial charge in [-0.25, -0.2) is 4.39 Å². The van der Waals surface area contributed by atoms with Crippen LogP contribution in [0.5, 0.6) is 0 Å². The lowest BCUT2D eigenvalue weighted by Gasteiger charge is -2.35. The molecule has 1 atom stereocenters. The molecule has 2 aromatic carbocycles. The molecule has 152 valence electrons. The van der Waals surface area contributed by atoms with Gasteiger partial charge in [0.25, 0.3) is 5.91 Å². The van der Waals surface area contributed by atoms with E-state index in [1.807, 2.05) is 12.1 Å². The van der Waals surface area contributed by atoms with E-state index in [4.69, 9.17) is 27.9 Å². The van der Waals surface area contributed by atoms with Crippen molar-refractivity contribution in [3.63, 3.8) is 0 Å². The SMILES string of the molecule is O=C(NCC(c1ccc(Cl)cc1F)N1CCOCC1)c1ccc2[nH]ccc2c1Cl. The lowest BCUT2D eigenvalue weighted by molar-refractivity contribution is 0.0155. The summed E-state index contributed by atoms with van der Waals surface area (Å²) in [5.74, 6) is -0.694. The second kappa shape index (κ2) is 8.71. The second-order valence-electron chi connectivity index (χ2n) is 6.91. The summed E-state index contributed by atoms with van der Waals surface area (Å²) in [5, 5.41) is 4.43. The van der Waals surface area contributed by atoms with Crippen LogP contribution >= 0.6 is 23.2 Å². The molecule has 8 heteroatoms. The molecule has 0 spiro atoms. The smallest absolute Gasteiger partial charge is 0.252 e. The summed E-state index contributed by atoms with van der Waals surface area (Å²) < 4.78 is 20.0. The molecule has 0 radical (unpaired) electrons. The van der Waals surface area contributed by atoms with Gasteiger partial charge >= 0.3 is 0 Å². The summed E-state index contributed by atoms with van der Waals surface area (Å²) in [5.41, 5.74) is 1.74. The van der Waals surface area contributed by atoms with Crippen molar-refractivity contribution in [1.29, 1.82) is 0 Å². The molecule has 29 heavy (non-hydrogen) atoms. The van der Waals surface area contributed by atoms with Crippen molar-refractivity contribution in [2.75, 3.05) is 32.8 Å². The number of aromatic amines is 1. The zero-order valence-electron chi connectivity index (χ0n) is 15.6. The van der Waals surface area contributed by atoms with Gasteiger partial charge in [-0.05, 0) is 30.3 Å². The van der Waals surface area contributed by atoms with Crippen LogP contribution in [0, 0.1) is 5.82 Å². The lowest BCUT2D eigenvalue weighted by atomic mass is 10.0. The molecule has 1 saturated heterocycles. The first-order chi connectivity index (χ1) is 14.0. The Labute approximate surface area is 177 Å². The molecular weight excluding hydrogens is 416 g/mol. The summed E-state index contributed by atoms with van der Waals surface area (Å²) in [6, 6.07) is 9.61. The van der Waals surface area contributed by atoms with Crippen molar-refractivity contribution in [2.45, 2.75) is 6.04 Å². The van der Waals surface area contributed by atoms with Crippen LogP contribution in [0.15, 0.2) is 42.6 Å². The first-order valence-electron chi connectivity index (χ1n) is 9.35. The summed E-state index contributed by atoms with van der Waals surface area (Å²) in [6.07, 6.45) is 1.77. The maximum Gasteiger partial charge on any atom is 0.252 e. The molecule has 4 rings (SSSR count). The average Bonchev–Trinajstić information content (AvgIpc) is 3.20. The second-order valence-corrected chi connectivity index (χ2v) is 7.72. The number of nitrogens with zero attached hydrogens (tertiary/aromatic N) is 1. The maximum atomic E-state index is 14.6. The van der Waals surface area contributed by atoms with Gasteiger partial charge in [-0.15, -0.1) is 0 Å². The Balaban J connectivity index is 1.56. The number of fused-ring (bicyclic) bond motifs is 1. The van der Waals surface area contributed by atoms with Gasteiger partial charge in [-0.3, -0.25) is 9.69 Å². The highest BCUT2D eigenvalue weighted by molar-refractivity contribution is 6.38. The molecule has 2 N–H and O–H groups in total. The highest BCUT2D eigenvalue weighted by Crippen LogP contribution is 2.28. The predicted molar refractivity (Wildman–Crippen MR) is 112 cm³/mol. The minimum atomic E-state index is -0.394. The summed E-state index contributed by atoms with van der Waals surface area (Å²) in [4.78, 5) is 18.0. The first-order valence-corrected chi connectivity index (χ1v) is 10.1. The van der Waals surface area contributed by atoms with Crippen LogP contribution in [-0.2, 0) is 4.74 Å². The quantitative estimate of drug-likeness (QED) is 0.623. The fourth-order valence-electron chi connectivity index (χ4n) is 3.65. The van der Waals surface area contributed by atoms with Crippen molar-refractivity contribution in [1.82, 2.24) is 15.2 Å². The van der Waals surface area contributed by atoms with Gasteiger partial charge in [0.05, 0.1) is 29.8 Å². The summed E-state index contributed by atoms with van der Waals surface area (Å²) in [6.45, 7) is 2.67.